The first kappa shape index (κ1) is 24.0. The lowest BCUT2D eigenvalue weighted by Gasteiger charge is -2.35. The van der Waals surface area contributed by atoms with Crippen molar-refractivity contribution >= 4 is 5.91 Å². The quantitative estimate of drug-likeness (QED) is 0.497. The summed E-state index contributed by atoms with van der Waals surface area (Å²) in [4.78, 5) is 15.3. The Labute approximate surface area is 201 Å². The van der Waals surface area contributed by atoms with Crippen molar-refractivity contribution in [2.45, 2.75) is 32.7 Å². The summed E-state index contributed by atoms with van der Waals surface area (Å²) in [6.07, 6.45) is 0. The van der Waals surface area contributed by atoms with Crippen molar-refractivity contribution in [2.24, 2.45) is 0 Å². The standard InChI is InChI=1S/C27H33N3O4/c1-4-33-23-11-9-22(10-12-23)26-17-24(29-34-26)27(31)28-18-25(30-13-15-32-16-14-30)21-7-5-20(6-8-21)19(2)3/h5-12,17,19,25H,4,13-16,18H2,1-3H3,(H,28,31)/t25-/m0/s1. The summed E-state index contributed by atoms with van der Waals surface area (Å²) in [6.45, 7) is 10.5. The number of aromatic nitrogens is 1. The molecule has 0 unspecified atom stereocenters. The molecule has 1 aliphatic heterocycles. The lowest BCUT2D eigenvalue weighted by molar-refractivity contribution is 0.0162. The minimum absolute atomic E-state index is 0.0616. The van der Waals surface area contributed by atoms with Crippen LogP contribution in [0, 0.1) is 0 Å². The number of amides is 1. The van der Waals surface area contributed by atoms with Gasteiger partial charge in [-0.25, -0.2) is 0 Å². The molecule has 1 aliphatic rings. The van der Waals surface area contributed by atoms with Gasteiger partial charge in [0.05, 0.1) is 25.9 Å². The van der Waals surface area contributed by atoms with E-state index in [0.29, 0.717) is 38.0 Å². The summed E-state index contributed by atoms with van der Waals surface area (Å²) in [7, 11) is 0. The lowest BCUT2D eigenvalue weighted by Crippen LogP contribution is -2.43. The number of morpholine rings is 1. The Hall–Kier alpha value is -3.16. The van der Waals surface area contributed by atoms with E-state index >= 15 is 0 Å². The summed E-state index contributed by atoms with van der Waals surface area (Å²) < 4.78 is 16.5. The normalized spacial score (nSPS) is 15.3. The maximum atomic E-state index is 12.9. The van der Waals surface area contributed by atoms with Crippen molar-refractivity contribution in [3.05, 3.63) is 71.4 Å². The summed E-state index contributed by atoms with van der Waals surface area (Å²) in [5, 5.41) is 7.05. The molecule has 0 spiro atoms. The number of carbonyl (C=O) groups excluding carboxylic acids is 1. The number of hydrogen-bond acceptors (Lipinski definition) is 6. The zero-order chi connectivity index (χ0) is 23.9. The van der Waals surface area contributed by atoms with Gasteiger partial charge in [0.15, 0.2) is 11.5 Å². The number of rotatable bonds is 9. The molecule has 0 bridgehead atoms. The molecule has 1 atom stereocenters. The van der Waals surface area contributed by atoms with Crippen molar-refractivity contribution in [3.8, 4) is 17.1 Å². The Kier molecular flexibility index (Phi) is 7.98. The predicted octanol–water partition coefficient (Wildman–Crippen LogP) is 4.67. The molecule has 1 aromatic heterocycles. The third-order valence-electron chi connectivity index (χ3n) is 6.12. The number of hydrogen-bond donors (Lipinski definition) is 1. The molecule has 34 heavy (non-hydrogen) atoms. The van der Waals surface area contributed by atoms with E-state index in [-0.39, 0.29) is 17.6 Å². The molecule has 0 saturated carbocycles. The van der Waals surface area contributed by atoms with Crippen LogP contribution < -0.4 is 10.1 Å². The van der Waals surface area contributed by atoms with E-state index in [1.165, 1.54) is 11.1 Å². The average Bonchev–Trinajstić information content (AvgIpc) is 3.36. The van der Waals surface area contributed by atoms with E-state index < -0.39 is 0 Å². The molecule has 7 heteroatoms. The van der Waals surface area contributed by atoms with Crippen molar-refractivity contribution in [1.29, 1.82) is 0 Å². The highest BCUT2D eigenvalue weighted by Crippen LogP contribution is 2.25. The summed E-state index contributed by atoms with van der Waals surface area (Å²) in [6, 6.07) is 18.0. The van der Waals surface area contributed by atoms with Crippen molar-refractivity contribution in [3.63, 3.8) is 0 Å². The summed E-state index contributed by atoms with van der Waals surface area (Å²) in [5.74, 6) is 1.56. The molecule has 7 nitrogen and oxygen atoms in total. The van der Waals surface area contributed by atoms with Gasteiger partial charge in [-0.3, -0.25) is 9.69 Å². The fraction of sp³-hybridized carbons (Fsp3) is 0.407. The van der Waals surface area contributed by atoms with Crippen LogP contribution in [0.5, 0.6) is 5.75 Å². The van der Waals surface area contributed by atoms with E-state index in [9.17, 15) is 4.79 Å². The van der Waals surface area contributed by atoms with Crippen LogP contribution in [0.4, 0.5) is 0 Å². The van der Waals surface area contributed by atoms with Crippen molar-refractivity contribution in [1.82, 2.24) is 15.4 Å². The molecule has 1 fully saturated rings. The molecule has 1 amide bonds. The zero-order valence-electron chi connectivity index (χ0n) is 20.1. The van der Waals surface area contributed by atoms with Gasteiger partial charge < -0.3 is 19.3 Å². The zero-order valence-corrected chi connectivity index (χ0v) is 20.1. The van der Waals surface area contributed by atoms with Gasteiger partial charge in [-0.15, -0.1) is 0 Å². The SMILES string of the molecule is CCOc1ccc(-c2cc(C(=O)NC[C@@H](c3ccc(C(C)C)cc3)N3CCOCC3)no2)cc1. The first-order valence-electron chi connectivity index (χ1n) is 11.9. The smallest absolute Gasteiger partial charge is 0.273 e. The Morgan fingerprint density at radius 3 is 2.38 bits per heavy atom. The van der Waals surface area contributed by atoms with Crippen LogP contribution in [-0.4, -0.2) is 55.4 Å². The van der Waals surface area contributed by atoms with Crippen LogP contribution in [-0.2, 0) is 4.74 Å². The lowest BCUT2D eigenvalue weighted by atomic mass is 9.98. The number of nitrogens with one attached hydrogen (secondary N) is 1. The Balaban J connectivity index is 1.44. The van der Waals surface area contributed by atoms with Gasteiger partial charge in [0.25, 0.3) is 5.91 Å². The van der Waals surface area contributed by atoms with Crippen LogP contribution in [0.15, 0.2) is 59.1 Å². The maximum Gasteiger partial charge on any atom is 0.273 e. The molecule has 180 valence electrons. The molecular formula is C27H33N3O4. The molecule has 3 aromatic rings. The minimum atomic E-state index is -0.252. The predicted molar refractivity (Wildman–Crippen MR) is 131 cm³/mol. The van der Waals surface area contributed by atoms with E-state index in [0.717, 1.165) is 24.4 Å². The first-order chi connectivity index (χ1) is 16.5. The molecule has 1 N–H and O–H groups in total. The van der Waals surface area contributed by atoms with Crippen LogP contribution >= 0.6 is 0 Å². The van der Waals surface area contributed by atoms with E-state index in [4.69, 9.17) is 14.0 Å². The van der Waals surface area contributed by atoms with Gasteiger partial charge in [-0.2, -0.15) is 0 Å². The highest BCUT2D eigenvalue weighted by Gasteiger charge is 2.24. The first-order valence-corrected chi connectivity index (χ1v) is 11.9. The number of ether oxygens (including phenoxy) is 2. The van der Waals surface area contributed by atoms with E-state index in [1.807, 2.05) is 31.2 Å². The third kappa shape index (κ3) is 5.85. The Morgan fingerprint density at radius 1 is 1.06 bits per heavy atom. The van der Waals surface area contributed by atoms with Gasteiger partial charge >= 0.3 is 0 Å². The Bertz CT molecular complexity index is 1050. The maximum absolute atomic E-state index is 12.9. The molecule has 4 rings (SSSR count). The monoisotopic (exact) mass is 463 g/mol. The fourth-order valence-electron chi connectivity index (χ4n) is 4.13. The summed E-state index contributed by atoms with van der Waals surface area (Å²) >= 11 is 0. The highest BCUT2D eigenvalue weighted by atomic mass is 16.5. The largest absolute Gasteiger partial charge is 0.494 e. The van der Waals surface area contributed by atoms with Crippen LogP contribution in [0.25, 0.3) is 11.3 Å². The van der Waals surface area contributed by atoms with Gasteiger partial charge in [-0.1, -0.05) is 43.3 Å². The Morgan fingerprint density at radius 2 is 1.74 bits per heavy atom. The molecule has 1 saturated heterocycles. The van der Waals surface area contributed by atoms with Gasteiger partial charge in [0.1, 0.15) is 5.75 Å². The van der Waals surface area contributed by atoms with Crippen LogP contribution in [0.3, 0.4) is 0 Å². The van der Waals surface area contributed by atoms with E-state index in [2.05, 4.69) is 53.5 Å². The second-order valence-corrected chi connectivity index (χ2v) is 8.73. The van der Waals surface area contributed by atoms with Crippen LogP contribution in [0.2, 0.25) is 0 Å². The molecular weight excluding hydrogens is 430 g/mol. The van der Waals surface area contributed by atoms with Crippen molar-refractivity contribution in [2.75, 3.05) is 39.5 Å². The topological polar surface area (TPSA) is 76.8 Å². The van der Waals surface area contributed by atoms with Crippen molar-refractivity contribution < 1.29 is 18.8 Å². The van der Waals surface area contributed by atoms with Crippen LogP contribution in [0.1, 0.15) is 54.3 Å². The number of benzene rings is 2. The molecule has 0 aliphatic carbocycles. The second-order valence-electron chi connectivity index (χ2n) is 8.73. The fourth-order valence-corrected chi connectivity index (χ4v) is 4.13. The van der Waals surface area contributed by atoms with E-state index in [1.54, 1.807) is 6.07 Å². The molecule has 2 aromatic carbocycles. The highest BCUT2D eigenvalue weighted by molar-refractivity contribution is 5.93. The summed E-state index contributed by atoms with van der Waals surface area (Å²) in [5.41, 5.74) is 3.59. The average molecular weight is 464 g/mol. The number of carbonyl (C=O) groups is 1. The number of nitrogens with zero attached hydrogens (tertiary/aromatic N) is 2. The van der Waals surface area contributed by atoms with Gasteiger partial charge in [0, 0.05) is 31.3 Å². The molecule has 2 heterocycles. The second kappa shape index (κ2) is 11.3. The third-order valence-corrected chi connectivity index (χ3v) is 6.12. The minimum Gasteiger partial charge on any atom is -0.494 e. The van der Waals surface area contributed by atoms with Gasteiger partial charge in [0.2, 0.25) is 0 Å². The van der Waals surface area contributed by atoms with Gasteiger partial charge in [-0.05, 0) is 48.2 Å². The molecule has 0 radical (unpaired) electrons.